The molecule has 25 heavy (non-hydrogen) atoms. The van der Waals surface area contributed by atoms with Gasteiger partial charge in [-0.25, -0.2) is 9.37 Å². The van der Waals surface area contributed by atoms with Crippen LogP contribution in [0.3, 0.4) is 0 Å². The van der Waals surface area contributed by atoms with E-state index in [2.05, 4.69) is 15.0 Å². The molecule has 1 aromatic carbocycles. The van der Waals surface area contributed by atoms with Crippen LogP contribution in [0.5, 0.6) is 0 Å². The van der Waals surface area contributed by atoms with Gasteiger partial charge in [0.2, 0.25) is 0 Å². The minimum atomic E-state index is -0.365. The molecule has 0 amide bonds. The van der Waals surface area contributed by atoms with Gasteiger partial charge in [0.15, 0.2) is 0 Å². The predicted octanol–water partition coefficient (Wildman–Crippen LogP) is 3.04. The van der Waals surface area contributed by atoms with Crippen molar-refractivity contribution in [1.82, 2.24) is 19.5 Å². The SMILES string of the molecule is O=c1c2ccncc2ncn1Cc1ccc(-c2ccncc2)cc1F. The van der Waals surface area contributed by atoms with Gasteiger partial charge in [0.25, 0.3) is 5.56 Å². The molecule has 0 radical (unpaired) electrons. The van der Waals surface area contributed by atoms with Crippen LogP contribution in [0.4, 0.5) is 4.39 Å². The molecule has 0 bridgehead atoms. The van der Waals surface area contributed by atoms with Crippen molar-refractivity contribution >= 4 is 10.9 Å². The molecule has 6 heteroatoms. The molecule has 0 saturated carbocycles. The third-order valence-electron chi connectivity index (χ3n) is 4.03. The van der Waals surface area contributed by atoms with Gasteiger partial charge in [-0.3, -0.25) is 19.3 Å². The molecule has 0 spiro atoms. The van der Waals surface area contributed by atoms with E-state index in [0.717, 1.165) is 11.1 Å². The third-order valence-corrected chi connectivity index (χ3v) is 4.03. The summed E-state index contributed by atoms with van der Waals surface area (Å²) in [5, 5.41) is 0.464. The van der Waals surface area contributed by atoms with Gasteiger partial charge in [0.05, 0.1) is 30.0 Å². The highest BCUT2D eigenvalue weighted by molar-refractivity contribution is 5.75. The van der Waals surface area contributed by atoms with Crippen molar-refractivity contribution in [2.45, 2.75) is 6.54 Å². The molecule has 0 fully saturated rings. The Kier molecular flexibility index (Phi) is 3.78. The molecular formula is C19H13FN4O. The van der Waals surface area contributed by atoms with Gasteiger partial charge in [-0.15, -0.1) is 0 Å². The van der Waals surface area contributed by atoms with Crippen LogP contribution in [0.2, 0.25) is 0 Å². The standard InChI is InChI=1S/C19H13FN4O/c20-17-9-14(13-3-6-21-7-4-13)1-2-15(17)11-24-12-23-18-10-22-8-5-16(18)19(24)25/h1-10,12H,11H2. The van der Waals surface area contributed by atoms with E-state index in [9.17, 15) is 9.18 Å². The van der Waals surface area contributed by atoms with Crippen molar-refractivity contribution < 1.29 is 4.39 Å². The number of rotatable bonds is 3. The van der Waals surface area contributed by atoms with Gasteiger partial charge in [-0.05, 0) is 35.4 Å². The van der Waals surface area contributed by atoms with E-state index in [4.69, 9.17) is 0 Å². The number of hydrogen-bond donors (Lipinski definition) is 0. The molecule has 0 N–H and O–H groups in total. The first-order chi connectivity index (χ1) is 12.2. The van der Waals surface area contributed by atoms with Gasteiger partial charge >= 0.3 is 0 Å². The number of hydrogen-bond acceptors (Lipinski definition) is 4. The summed E-state index contributed by atoms with van der Waals surface area (Å²) in [6.07, 6.45) is 7.82. The first-order valence-corrected chi connectivity index (χ1v) is 7.70. The Bertz CT molecular complexity index is 1110. The van der Waals surface area contributed by atoms with Crippen LogP contribution in [0.15, 0.2) is 72.3 Å². The molecule has 4 rings (SSSR count). The fourth-order valence-corrected chi connectivity index (χ4v) is 2.70. The summed E-state index contributed by atoms with van der Waals surface area (Å²) in [5.41, 5.74) is 2.38. The number of nitrogens with zero attached hydrogens (tertiary/aromatic N) is 4. The Labute approximate surface area is 142 Å². The van der Waals surface area contributed by atoms with Crippen molar-refractivity contribution in [2.24, 2.45) is 0 Å². The summed E-state index contributed by atoms with van der Waals surface area (Å²) in [5.74, 6) is -0.365. The Morgan fingerprint density at radius 1 is 0.960 bits per heavy atom. The van der Waals surface area contributed by atoms with Crippen molar-refractivity contribution in [3.05, 3.63) is 89.2 Å². The van der Waals surface area contributed by atoms with Gasteiger partial charge < -0.3 is 0 Å². The maximum Gasteiger partial charge on any atom is 0.261 e. The molecule has 3 heterocycles. The van der Waals surface area contributed by atoms with E-state index in [1.165, 1.54) is 23.2 Å². The van der Waals surface area contributed by atoms with E-state index < -0.39 is 0 Å². The third kappa shape index (κ3) is 2.89. The van der Waals surface area contributed by atoms with E-state index >= 15 is 0 Å². The molecule has 0 aliphatic rings. The molecule has 122 valence electrons. The molecular weight excluding hydrogens is 319 g/mol. The highest BCUT2D eigenvalue weighted by atomic mass is 19.1. The van der Waals surface area contributed by atoms with E-state index in [0.29, 0.717) is 16.5 Å². The van der Waals surface area contributed by atoms with Crippen molar-refractivity contribution in [3.8, 4) is 11.1 Å². The Balaban J connectivity index is 1.70. The van der Waals surface area contributed by atoms with Crippen LogP contribution in [-0.4, -0.2) is 19.5 Å². The predicted molar refractivity (Wildman–Crippen MR) is 92.5 cm³/mol. The van der Waals surface area contributed by atoms with Crippen molar-refractivity contribution in [1.29, 1.82) is 0 Å². The molecule has 0 aliphatic carbocycles. The minimum Gasteiger partial charge on any atom is -0.294 e. The van der Waals surface area contributed by atoms with E-state index in [1.807, 2.05) is 18.2 Å². The highest BCUT2D eigenvalue weighted by Crippen LogP contribution is 2.21. The van der Waals surface area contributed by atoms with Gasteiger partial charge in [0, 0.05) is 24.2 Å². The van der Waals surface area contributed by atoms with Crippen LogP contribution in [0.25, 0.3) is 22.0 Å². The number of pyridine rings is 2. The largest absolute Gasteiger partial charge is 0.294 e. The minimum absolute atomic E-state index is 0.118. The van der Waals surface area contributed by atoms with Crippen molar-refractivity contribution in [3.63, 3.8) is 0 Å². The van der Waals surface area contributed by atoms with Gasteiger partial charge in [-0.2, -0.15) is 0 Å². The molecule has 0 atom stereocenters. The normalized spacial score (nSPS) is 10.9. The molecule has 0 saturated heterocycles. The average Bonchev–Trinajstić information content (AvgIpc) is 2.66. The zero-order valence-electron chi connectivity index (χ0n) is 13.1. The summed E-state index contributed by atoms with van der Waals surface area (Å²) in [4.78, 5) is 24.6. The van der Waals surface area contributed by atoms with Gasteiger partial charge in [-0.1, -0.05) is 12.1 Å². The second-order valence-corrected chi connectivity index (χ2v) is 5.61. The first-order valence-electron chi connectivity index (χ1n) is 7.70. The number of halogens is 1. The topological polar surface area (TPSA) is 60.7 Å². The second kappa shape index (κ2) is 6.24. The smallest absolute Gasteiger partial charge is 0.261 e. The lowest BCUT2D eigenvalue weighted by Crippen LogP contribution is -2.21. The number of aromatic nitrogens is 4. The van der Waals surface area contributed by atoms with Crippen LogP contribution >= 0.6 is 0 Å². The lowest BCUT2D eigenvalue weighted by molar-refractivity contribution is 0.596. The summed E-state index contributed by atoms with van der Waals surface area (Å²) in [6, 6.07) is 10.2. The summed E-state index contributed by atoms with van der Waals surface area (Å²) < 4.78 is 15.9. The van der Waals surface area contributed by atoms with Crippen LogP contribution < -0.4 is 5.56 Å². The zero-order valence-corrected chi connectivity index (χ0v) is 13.1. The van der Waals surface area contributed by atoms with Gasteiger partial charge in [0.1, 0.15) is 5.82 Å². The molecule has 0 unspecified atom stereocenters. The fourth-order valence-electron chi connectivity index (χ4n) is 2.70. The number of fused-ring (bicyclic) bond motifs is 1. The summed E-state index contributed by atoms with van der Waals surface area (Å²) in [7, 11) is 0. The Morgan fingerprint density at radius 3 is 2.56 bits per heavy atom. The fraction of sp³-hybridized carbons (Fsp3) is 0.0526. The lowest BCUT2D eigenvalue weighted by Gasteiger charge is -2.09. The molecule has 3 aromatic heterocycles. The van der Waals surface area contributed by atoms with E-state index in [-0.39, 0.29) is 17.9 Å². The van der Waals surface area contributed by atoms with Crippen LogP contribution in [0.1, 0.15) is 5.56 Å². The quantitative estimate of drug-likeness (QED) is 0.578. The van der Waals surface area contributed by atoms with E-state index in [1.54, 1.807) is 30.7 Å². The summed E-state index contributed by atoms with van der Waals surface area (Å²) in [6.45, 7) is 0.118. The van der Waals surface area contributed by atoms with Crippen LogP contribution in [0, 0.1) is 5.82 Å². The monoisotopic (exact) mass is 332 g/mol. The maximum absolute atomic E-state index is 14.5. The lowest BCUT2D eigenvalue weighted by atomic mass is 10.0. The number of benzene rings is 1. The maximum atomic E-state index is 14.5. The molecule has 5 nitrogen and oxygen atoms in total. The Hall–Kier alpha value is -3.41. The summed E-state index contributed by atoms with van der Waals surface area (Å²) >= 11 is 0. The molecule has 0 aliphatic heterocycles. The first kappa shape index (κ1) is 15.1. The van der Waals surface area contributed by atoms with Crippen molar-refractivity contribution in [2.75, 3.05) is 0 Å². The average molecular weight is 332 g/mol. The zero-order chi connectivity index (χ0) is 17.2. The van der Waals surface area contributed by atoms with Crippen LogP contribution in [-0.2, 0) is 6.54 Å². The highest BCUT2D eigenvalue weighted by Gasteiger charge is 2.09. The molecule has 4 aromatic rings. The second-order valence-electron chi connectivity index (χ2n) is 5.61. The Morgan fingerprint density at radius 2 is 1.76 bits per heavy atom.